The number of anilines is 1. The summed E-state index contributed by atoms with van der Waals surface area (Å²) in [7, 11) is 0. The second-order valence-corrected chi connectivity index (χ2v) is 7.34. The molecule has 1 aromatic carbocycles. The lowest BCUT2D eigenvalue weighted by atomic mass is 10.1. The number of nitrogens with one attached hydrogen (secondary N) is 1. The van der Waals surface area contributed by atoms with E-state index in [0.29, 0.717) is 39.1 Å². The maximum Gasteiger partial charge on any atom is 0.266 e. The van der Waals surface area contributed by atoms with Crippen LogP contribution in [0.5, 0.6) is 0 Å². The zero-order valence-electron chi connectivity index (χ0n) is 17.1. The molecule has 0 bridgehead atoms. The minimum atomic E-state index is -0.227. The van der Waals surface area contributed by atoms with E-state index in [1.54, 1.807) is 12.3 Å². The Morgan fingerprint density at radius 3 is 2.63 bits per heavy atom. The molecule has 156 valence electrons. The summed E-state index contributed by atoms with van der Waals surface area (Å²) in [4.78, 5) is 33.0. The Morgan fingerprint density at radius 1 is 1.13 bits per heavy atom. The standard InChI is InChI=1S/C22H26N6O2/c1-2-19-23-9-11-27(19)10-8-21(30)28-14-12-26(13-15-28)18-16-20(29)24-25-22(18)17-6-4-3-5-7-17/h3-7,9,11,16H,2,8,10,12-15H2,1H3,(H,24,29). The fourth-order valence-corrected chi connectivity index (χ4v) is 3.87. The molecule has 4 rings (SSSR count). The SMILES string of the molecule is CCc1nccn1CCC(=O)N1CCN(c2cc(=O)[nH]nc2-c2ccccc2)CC1. The van der Waals surface area contributed by atoms with Crippen LogP contribution in [0.4, 0.5) is 5.69 Å². The van der Waals surface area contributed by atoms with Crippen LogP contribution in [0.3, 0.4) is 0 Å². The van der Waals surface area contributed by atoms with Crippen molar-refractivity contribution in [2.24, 2.45) is 0 Å². The molecule has 2 aromatic heterocycles. The number of aromatic amines is 1. The molecule has 0 unspecified atom stereocenters. The van der Waals surface area contributed by atoms with E-state index in [2.05, 4.69) is 27.0 Å². The molecule has 3 heterocycles. The highest BCUT2D eigenvalue weighted by Gasteiger charge is 2.24. The second kappa shape index (κ2) is 8.94. The molecule has 1 aliphatic rings. The number of benzene rings is 1. The first-order valence-electron chi connectivity index (χ1n) is 10.3. The predicted octanol–water partition coefficient (Wildman–Crippen LogP) is 1.93. The van der Waals surface area contributed by atoms with Crippen LogP contribution >= 0.6 is 0 Å². The summed E-state index contributed by atoms with van der Waals surface area (Å²) in [6.45, 7) is 5.31. The number of amides is 1. The number of piperazine rings is 1. The maximum absolute atomic E-state index is 12.7. The van der Waals surface area contributed by atoms with Crippen LogP contribution in [0.2, 0.25) is 0 Å². The molecule has 30 heavy (non-hydrogen) atoms. The van der Waals surface area contributed by atoms with Gasteiger partial charge in [-0.1, -0.05) is 37.3 Å². The topological polar surface area (TPSA) is 87.1 Å². The fourth-order valence-electron chi connectivity index (χ4n) is 3.87. The number of hydrogen-bond donors (Lipinski definition) is 1. The van der Waals surface area contributed by atoms with Gasteiger partial charge in [0.1, 0.15) is 11.5 Å². The molecule has 1 amide bonds. The molecular weight excluding hydrogens is 380 g/mol. The zero-order chi connectivity index (χ0) is 20.9. The molecule has 0 aliphatic carbocycles. The Bertz CT molecular complexity index is 1050. The summed E-state index contributed by atoms with van der Waals surface area (Å²) in [6, 6.07) is 11.4. The van der Waals surface area contributed by atoms with Crippen LogP contribution < -0.4 is 10.5 Å². The largest absolute Gasteiger partial charge is 0.366 e. The highest BCUT2D eigenvalue weighted by atomic mass is 16.2. The molecule has 0 radical (unpaired) electrons. The van der Waals surface area contributed by atoms with Crippen LogP contribution in [0.15, 0.2) is 53.6 Å². The first-order chi connectivity index (χ1) is 14.7. The van der Waals surface area contributed by atoms with Gasteiger partial charge in [-0.2, -0.15) is 5.10 Å². The lowest BCUT2D eigenvalue weighted by Gasteiger charge is -2.36. The smallest absolute Gasteiger partial charge is 0.266 e. The van der Waals surface area contributed by atoms with Crippen LogP contribution in [0, 0.1) is 0 Å². The van der Waals surface area contributed by atoms with Gasteiger partial charge in [0.15, 0.2) is 0 Å². The molecule has 8 nitrogen and oxygen atoms in total. The molecule has 0 spiro atoms. The predicted molar refractivity (Wildman–Crippen MR) is 115 cm³/mol. The van der Waals surface area contributed by atoms with Gasteiger partial charge in [0.2, 0.25) is 5.91 Å². The minimum Gasteiger partial charge on any atom is -0.366 e. The van der Waals surface area contributed by atoms with Crippen molar-refractivity contribution in [1.29, 1.82) is 0 Å². The van der Waals surface area contributed by atoms with E-state index in [4.69, 9.17) is 0 Å². The van der Waals surface area contributed by atoms with Crippen molar-refractivity contribution in [3.8, 4) is 11.3 Å². The van der Waals surface area contributed by atoms with Gasteiger partial charge < -0.3 is 14.4 Å². The summed E-state index contributed by atoms with van der Waals surface area (Å²) in [5, 5.41) is 6.82. The van der Waals surface area contributed by atoms with Gasteiger partial charge in [-0.15, -0.1) is 0 Å². The van der Waals surface area contributed by atoms with Gasteiger partial charge in [0, 0.05) is 69.6 Å². The third kappa shape index (κ3) is 4.27. The Labute approximate surface area is 175 Å². The van der Waals surface area contributed by atoms with Crippen LogP contribution in [0.25, 0.3) is 11.3 Å². The first kappa shape index (κ1) is 19.9. The number of aromatic nitrogens is 4. The van der Waals surface area contributed by atoms with Crippen molar-refractivity contribution in [2.45, 2.75) is 26.3 Å². The van der Waals surface area contributed by atoms with Gasteiger partial charge in [0.05, 0.1) is 5.69 Å². The fraction of sp³-hybridized carbons (Fsp3) is 0.364. The normalized spacial score (nSPS) is 14.2. The van der Waals surface area contributed by atoms with E-state index in [-0.39, 0.29) is 11.5 Å². The molecule has 1 N–H and O–H groups in total. The van der Waals surface area contributed by atoms with Crippen molar-refractivity contribution in [3.05, 3.63) is 65.0 Å². The molecule has 1 aliphatic heterocycles. The number of carbonyl (C=O) groups excluding carboxylic acids is 1. The van der Waals surface area contributed by atoms with Gasteiger partial charge >= 0.3 is 0 Å². The van der Waals surface area contributed by atoms with Gasteiger partial charge in [-0.3, -0.25) is 9.59 Å². The number of hydrogen-bond acceptors (Lipinski definition) is 5. The first-order valence-corrected chi connectivity index (χ1v) is 10.3. The van der Waals surface area contributed by atoms with Crippen LogP contribution in [0.1, 0.15) is 19.2 Å². The van der Waals surface area contributed by atoms with Crippen molar-refractivity contribution in [2.75, 3.05) is 31.1 Å². The number of rotatable bonds is 6. The summed E-state index contributed by atoms with van der Waals surface area (Å²) >= 11 is 0. The van der Waals surface area contributed by atoms with Crippen LogP contribution in [-0.2, 0) is 17.8 Å². The second-order valence-electron chi connectivity index (χ2n) is 7.34. The third-order valence-electron chi connectivity index (χ3n) is 5.49. The number of aryl methyl sites for hydroxylation is 2. The van der Waals surface area contributed by atoms with Gasteiger partial charge in [-0.05, 0) is 0 Å². The van der Waals surface area contributed by atoms with E-state index in [0.717, 1.165) is 29.2 Å². The van der Waals surface area contributed by atoms with E-state index < -0.39 is 0 Å². The number of imidazole rings is 1. The Morgan fingerprint density at radius 2 is 1.90 bits per heavy atom. The molecule has 3 aromatic rings. The Balaban J connectivity index is 1.41. The molecule has 0 atom stereocenters. The monoisotopic (exact) mass is 406 g/mol. The number of carbonyl (C=O) groups is 1. The maximum atomic E-state index is 12.7. The molecule has 1 saturated heterocycles. The van der Waals surface area contributed by atoms with Crippen molar-refractivity contribution in [1.82, 2.24) is 24.6 Å². The summed E-state index contributed by atoms with van der Waals surface area (Å²) < 4.78 is 2.04. The van der Waals surface area contributed by atoms with Crippen molar-refractivity contribution in [3.63, 3.8) is 0 Å². The van der Waals surface area contributed by atoms with Crippen LogP contribution in [-0.4, -0.2) is 56.7 Å². The van der Waals surface area contributed by atoms with Crippen molar-refractivity contribution >= 4 is 11.6 Å². The highest BCUT2D eigenvalue weighted by Crippen LogP contribution is 2.27. The lowest BCUT2D eigenvalue weighted by molar-refractivity contribution is -0.131. The minimum absolute atomic E-state index is 0.151. The van der Waals surface area contributed by atoms with E-state index in [1.165, 1.54) is 0 Å². The number of nitrogens with zero attached hydrogens (tertiary/aromatic N) is 5. The summed E-state index contributed by atoms with van der Waals surface area (Å²) in [5.41, 5.74) is 2.29. The third-order valence-corrected chi connectivity index (χ3v) is 5.49. The van der Waals surface area contributed by atoms with E-state index >= 15 is 0 Å². The molecule has 0 saturated carbocycles. The average molecular weight is 406 g/mol. The summed E-state index contributed by atoms with van der Waals surface area (Å²) in [5.74, 6) is 1.15. The van der Waals surface area contributed by atoms with Crippen molar-refractivity contribution < 1.29 is 4.79 Å². The quantitative estimate of drug-likeness (QED) is 0.676. The Hall–Kier alpha value is -3.42. The molecule has 8 heteroatoms. The average Bonchev–Trinajstić information content (AvgIpc) is 3.26. The molecule has 1 fully saturated rings. The molecular formula is C22H26N6O2. The van der Waals surface area contributed by atoms with Gasteiger partial charge in [0.25, 0.3) is 5.56 Å². The number of H-pyrrole nitrogens is 1. The highest BCUT2D eigenvalue weighted by molar-refractivity contribution is 5.77. The van der Waals surface area contributed by atoms with E-state index in [9.17, 15) is 9.59 Å². The van der Waals surface area contributed by atoms with Gasteiger partial charge in [-0.25, -0.2) is 10.1 Å². The Kier molecular flexibility index (Phi) is 5.92. The van der Waals surface area contributed by atoms with E-state index in [1.807, 2.05) is 46.0 Å². The lowest BCUT2D eigenvalue weighted by Crippen LogP contribution is -2.49. The summed E-state index contributed by atoms with van der Waals surface area (Å²) in [6.07, 6.45) is 5.02. The zero-order valence-corrected chi connectivity index (χ0v) is 17.1.